The van der Waals surface area contributed by atoms with Crippen LogP contribution in [0.4, 0.5) is 0 Å². The van der Waals surface area contributed by atoms with Crippen molar-refractivity contribution in [3.63, 3.8) is 0 Å². The van der Waals surface area contributed by atoms with Crippen LogP contribution in [0.15, 0.2) is 24.9 Å². The Morgan fingerprint density at radius 2 is 2.25 bits per heavy atom. The smallest absolute Gasteiger partial charge is 0.337 e. The molecule has 0 unspecified atom stereocenters. The average molecular weight is 219 g/mol. The Bertz CT molecular complexity index is 511. The van der Waals surface area contributed by atoms with Gasteiger partial charge in [0.25, 0.3) is 0 Å². The Hall–Kier alpha value is -2.04. The zero-order valence-corrected chi connectivity index (χ0v) is 9.14. The zero-order chi connectivity index (χ0) is 11.7. The maximum Gasteiger partial charge on any atom is 0.337 e. The van der Waals surface area contributed by atoms with Gasteiger partial charge in [0, 0.05) is 24.0 Å². The number of imidazole rings is 1. The lowest BCUT2D eigenvalue weighted by molar-refractivity contribution is 0.0698. The van der Waals surface area contributed by atoms with E-state index in [1.54, 1.807) is 18.7 Å². The standard InChI is InChI=1S/C11H13N3O2/c1-7(2)14-6-13-5-10(14)8-3-12-4-9(8)11(15)16/h3-7,12H,1-2H3,(H,15,16). The normalized spacial score (nSPS) is 10.9. The Balaban J connectivity index is 2.54. The first-order chi connectivity index (χ1) is 7.61. The summed E-state index contributed by atoms with van der Waals surface area (Å²) in [6.07, 6.45) is 6.54. The third kappa shape index (κ3) is 1.60. The van der Waals surface area contributed by atoms with Crippen LogP contribution < -0.4 is 0 Å². The van der Waals surface area contributed by atoms with Crippen molar-refractivity contribution >= 4 is 5.97 Å². The summed E-state index contributed by atoms with van der Waals surface area (Å²) >= 11 is 0. The van der Waals surface area contributed by atoms with E-state index in [4.69, 9.17) is 5.11 Å². The van der Waals surface area contributed by atoms with Gasteiger partial charge in [-0.15, -0.1) is 0 Å². The van der Waals surface area contributed by atoms with Gasteiger partial charge in [-0.1, -0.05) is 0 Å². The molecule has 5 nitrogen and oxygen atoms in total. The highest BCUT2D eigenvalue weighted by molar-refractivity contribution is 5.95. The molecule has 0 bridgehead atoms. The molecule has 2 heterocycles. The number of H-pyrrole nitrogens is 1. The number of rotatable bonds is 3. The summed E-state index contributed by atoms with van der Waals surface area (Å²) < 4.78 is 1.94. The molecule has 2 aromatic heterocycles. The summed E-state index contributed by atoms with van der Waals surface area (Å²) in [6.45, 7) is 4.05. The predicted octanol–water partition coefficient (Wildman–Crippen LogP) is 2.16. The second-order valence-corrected chi connectivity index (χ2v) is 3.87. The van der Waals surface area contributed by atoms with E-state index in [1.807, 2.05) is 18.4 Å². The van der Waals surface area contributed by atoms with Gasteiger partial charge >= 0.3 is 5.97 Å². The number of nitrogens with zero attached hydrogens (tertiary/aromatic N) is 2. The van der Waals surface area contributed by atoms with Crippen LogP contribution in [0.5, 0.6) is 0 Å². The molecule has 0 atom stereocenters. The molecule has 0 radical (unpaired) electrons. The zero-order valence-electron chi connectivity index (χ0n) is 9.14. The fraction of sp³-hybridized carbons (Fsp3) is 0.273. The van der Waals surface area contributed by atoms with Gasteiger partial charge in [0.1, 0.15) is 0 Å². The first-order valence-electron chi connectivity index (χ1n) is 5.03. The Labute approximate surface area is 92.8 Å². The van der Waals surface area contributed by atoms with Crippen molar-refractivity contribution in [3.8, 4) is 11.3 Å². The molecule has 0 fully saturated rings. The molecular formula is C11H13N3O2. The van der Waals surface area contributed by atoms with E-state index in [1.165, 1.54) is 6.20 Å². The summed E-state index contributed by atoms with van der Waals surface area (Å²) in [5.41, 5.74) is 1.75. The fourth-order valence-electron chi connectivity index (χ4n) is 1.68. The molecule has 84 valence electrons. The van der Waals surface area contributed by atoms with Crippen LogP contribution in [-0.2, 0) is 0 Å². The van der Waals surface area contributed by atoms with Gasteiger partial charge in [-0.2, -0.15) is 0 Å². The highest BCUT2D eigenvalue weighted by Gasteiger charge is 2.16. The number of aromatic nitrogens is 3. The van der Waals surface area contributed by atoms with E-state index in [0.717, 1.165) is 5.69 Å². The molecule has 0 amide bonds. The van der Waals surface area contributed by atoms with Crippen LogP contribution in [0.1, 0.15) is 30.2 Å². The first kappa shape index (κ1) is 10.5. The molecule has 2 aromatic rings. The molecule has 0 spiro atoms. The van der Waals surface area contributed by atoms with Crippen molar-refractivity contribution in [2.24, 2.45) is 0 Å². The Morgan fingerprint density at radius 1 is 1.50 bits per heavy atom. The van der Waals surface area contributed by atoms with E-state index in [0.29, 0.717) is 5.56 Å². The fourth-order valence-corrected chi connectivity index (χ4v) is 1.68. The molecule has 0 saturated carbocycles. The number of aromatic amines is 1. The molecule has 2 rings (SSSR count). The molecule has 16 heavy (non-hydrogen) atoms. The number of hydrogen-bond donors (Lipinski definition) is 2. The van der Waals surface area contributed by atoms with Crippen molar-refractivity contribution in [2.45, 2.75) is 19.9 Å². The topological polar surface area (TPSA) is 70.9 Å². The van der Waals surface area contributed by atoms with Crippen LogP contribution in [-0.4, -0.2) is 25.6 Å². The maximum absolute atomic E-state index is 11.0. The first-order valence-corrected chi connectivity index (χ1v) is 5.03. The second-order valence-electron chi connectivity index (χ2n) is 3.87. The monoisotopic (exact) mass is 219 g/mol. The molecule has 0 aromatic carbocycles. The number of carboxylic acids is 1. The summed E-state index contributed by atoms with van der Waals surface area (Å²) in [6, 6.07) is 0.244. The van der Waals surface area contributed by atoms with Crippen molar-refractivity contribution < 1.29 is 9.90 Å². The number of carbonyl (C=O) groups is 1. The van der Waals surface area contributed by atoms with Gasteiger partial charge in [-0.05, 0) is 13.8 Å². The predicted molar refractivity (Wildman–Crippen MR) is 59.4 cm³/mol. The lowest BCUT2D eigenvalue weighted by atomic mass is 10.1. The van der Waals surface area contributed by atoms with Crippen molar-refractivity contribution in [3.05, 3.63) is 30.5 Å². The van der Waals surface area contributed by atoms with Gasteiger partial charge in [0.05, 0.1) is 23.8 Å². The van der Waals surface area contributed by atoms with Gasteiger partial charge in [-0.25, -0.2) is 9.78 Å². The van der Waals surface area contributed by atoms with Gasteiger partial charge in [-0.3, -0.25) is 0 Å². The van der Waals surface area contributed by atoms with Gasteiger partial charge < -0.3 is 14.7 Å². The summed E-state index contributed by atoms with van der Waals surface area (Å²) in [5.74, 6) is -0.937. The van der Waals surface area contributed by atoms with Gasteiger partial charge in [0.2, 0.25) is 0 Å². The second kappa shape index (κ2) is 3.84. The molecule has 0 aliphatic heterocycles. The lowest BCUT2D eigenvalue weighted by Gasteiger charge is -2.11. The van der Waals surface area contributed by atoms with Crippen LogP contribution in [0.3, 0.4) is 0 Å². The van der Waals surface area contributed by atoms with Gasteiger partial charge in [0.15, 0.2) is 0 Å². The highest BCUT2D eigenvalue weighted by Crippen LogP contribution is 2.25. The van der Waals surface area contributed by atoms with Crippen molar-refractivity contribution in [1.29, 1.82) is 0 Å². The number of hydrogen-bond acceptors (Lipinski definition) is 2. The molecular weight excluding hydrogens is 206 g/mol. The SMILES string of the molecule is CC(C)n1cncc1-c1c[nH]cc1C(=O)O. The molecule has 0 aliphatic rings. The van der Waals surface area contributed by atoms with Crippen LogP contribution in [0.2, 0.25) is 0 Å². The van der Waals surface area contributed by atoms with Crippen molar-refractivity contribution in [2.75, 3.05) is 0 Å². The van der Waals surface area contributed by atoms with E-state index in [2.05, 4.69) is 9.97 Å². The lowest BCUT2D eigenvalue weighted by Crippen LogP contribution is -2.03. The van der Waals surface area contributed by atoms with Crippen LogP contribution >= 0.6 is 0 Å². The quantitative estimate of drug-likeness (QED) is 0.830. The Kier molecular flexibility index (Phi) is 2.52. The van der Waals surface area contributed by atoms with E-state index in [-0.39, 0.29) is 11.6 Å². The van der Waals surface area contributed by atoms with Crippen LogP contribution in [0.25, 0.3) is 11.3 Å². The van der Waals surface area contributed by atoms with E-state index < -0.39 is 5.97 Å². The summed E-state index contributed by atoms with van der Waals surface area (Å²) in [5, 5.41) is 9.03. The number of nitrogens with one attached hydrogen (secondary N) is 1. The molecule has 0 saturated heterocycles. The minimum atomic E-state index is -0.937. The summed E-state index contributed by atoms with van der Waals surface area (Å²) in [7, 11) is 0. The number of aromatic carboxylic acids is 1. The largest absolute Gasteiger partial charge is 0.478 e. The highest BCUT2D eigenvalue weighted by atomic mass is 16.4. The van der Waals surface area contributed by atoms with Crippen LogP contribution in [0, 0.1) is 0 Å². The third-order valence-electron chi connectivity index (χ3n) is 2.47. The summed E-state index contributed by atoms with van der Waals surface area (Å²) in [4.78, 5) is 17.9. The van der Waals surface area contributed by atoms with E-state index in [9.17, 15) is 4.79 Å². The average Bonchev–Trinajstić information content (AvgIpc) is 2.85. The Morgan fingerprint density at radius 3 is 2.88 bits per heavy atom. The minimum absolute atomic E-state index is 0.244. The maximum atomic E-state index is 11.0. The third-order valence-corrected chi connectivity index (χ3v) is 2.47. The van der Waals surface area contributed by atoms with Crippen molar-refractivity contribution in [1.82, 2.24) is 14.5 Å². The number of carboxylic acid groups (broad SMARTS) is 1. The molecule has 2 N–H and O–H groups in total. The molecule has 0 aliphatic carbocycles. The minimum Gasteiger partial charge on any atom is -0.478 e. The molecule has 5 heteroatoms. The van der Waals surface area contributed by atoms with E-state index >= 15 is 0 Å².